The maximum atomic E-state index is 11.0. The number of aliphatic carboxylic acids is 1. The second-order valence-electron chi connectivity index (χ2n) is 4.42. The van der Waals surface area contributed by atoms with Gasteiger partial charge in [0.05, 0.1) is 12.0 Å². The van der Waals surface area contributed by atoms with Gasteiger partial charge < -0.3 is 10.2 Å². The maximum Gasteiger partial charge on any atom is 0.306 e. The molecule has 0 amide bonds. The van der Waals surface area contributed by atoms with Gasteiger partial charge in [0, 0.05) is 0 Å². The number of carbonyl (C=O) groups is 1. The lowest BCUT2D eigenvalue weighted by atomic mass is 9.86. The smallest absolute Gasteiger partial charge is 0.306 e. The molecule has 1 aliphatic rings. The van der Waals surface area contributed by atoms with Crippen molar-refractivity contribution in [2.75, 3.05) is 0 Å². The molecule has 0 radical (unpaired) electrons. The molecule has 0 bridgehead atoms. The third-order valence-corrected chi connectivity index (χ3v) is 3.18. The summed E-state index contributed by atoms with van der Waals surface area (Å²) in [6.07, 6.45) is 5.29. The molecular weight excluding hydrogens is 180 g/mol. The van der Waals surface area contributed by atoms with Crippen LogP contribution in [0.3, 0.4) is 0 Å². The van der Waals surface area contributed by atoms with Crippen molar-refractivity contribution in [1.29, 1.82) is 0 Å². The number of carboxylic acids is 1. The van der Waals surface area contributed by atoms with E-state index in [1.54, 1.807) is 6.92 Å². The van der Waals surface area contributed by atoms with Crippen molar-refractivity contribution in [1.82, 2.24) is 0 Å². The van der Waals surface area contributed by atoms with Crippen molar-refractivity contribution in [2.45, 2.75) is 51.6 Å². The van der Waals surface area contributed by atoms with Crippen molar-refractivity contribution in [3.8, 4) is 0 Å². The Morgan fingerprint density at radius 3 is 2.36 bits per heavy atom. The van der Waals surface area contributed by atoms with Crippen LogP contribution < -0.4 is 0 Å². The summed E-state index contributed by atoms with van der Waals surface area (Å²) >= 11 is 0. The van der Waals surface area contributed by atoms with Gasteiger partial charge in [-0.3, -0.25) is 4.79 Å². The number of carboxylic acid groups (broad SMARTS) is 1. The van der Waals surface area contributed by atoms with Crippen LogP contribution in [0.1, 0.15) is 45.4 Å². The Morgan fingerprint density at radius 1 is 1.36 bits per heavy atom. The molecular formula is C11H20O3. The highest BCUT2D eigenvalue weighted by Gasteiger charge is 2.30. The van der Waals surface area contributed by atoms with Crippen LogP contribution in [0.4, 0.5) is 0 Å². The quantitative estimate of drug-likeness (QED) is 0.714. The molecule has 82 valence electrons. The molecule has 14 heavy (non-hydrogen) atoms. The van der Waals surface area contributed by atoms with E-state index < -0.39 is 5.97 Å². The molecule has 1 aliphatic carbocycles. The van der Waals surface area contributed by atoms with E-state index in [0.717, 1.165) is 12.8 Å². The highest BCUT2D eigenvalue weighted by Crippen LogP contribution is 2.34. The van der Waals surface area contributed by atoms with Crippen LogP contribution in [0.25, 0.3) is 0 Å². The summed E-state index contributed by atoms with van der Waals surface area (Å²) in [4.78, 5) is 11.0. The summed E-state index contributed by atoms with van der Waals surface area (Å²) in [6, 6.07) is 0. The Hall–Kier alpha value is -0.570. The third-order valence-electron chi connectivity index (χ3n) is 3.18. The van der Waals surface area contributed by atoms with Crippen molar-refractivity contribution in [2.24, 2.45) is 11.8 Å². The van der Waals surface area contributed by atoms with E-state index >= 15 is 0 Å². The molecule has 0 aromatic carbocycles. The van der Waals surface area contributed by atoms with E-state index in [1.165, 1.54) is 12.8 Å². The van der Waals surface area contributed by atoms with E-state index in [9.17, 15) is 4.79 Å². The van der Waals surface area contributed by atoms with Gasteiger partial charge in [0.25, 0.3) is 0 Å². The minimum atomic E-state index is -0.683. The molecule has 0 spiro atoms. The number of rotatable bonds is 5. The molecule has 0 aliphatic heterocycles. The van der Waals surface area contributed by atoms with Gasteiger partial charge in [0.15, 0.2) is 0 Å². The fraction of sp³-hybridized carbons (Fsp3) is 0.909. The van der Waals surface area contributed by atoms with E-state index in [4.69, 9.17) is 10.2 Å². The fourth-order valence-corrected chi connectivity index (χ4v) is 2.34. The Kier molecular flexibility index (Phi) is 4.39. The second kappa shape index (κ2) is 5.35. The molecule has 3 heteroatoms. The van der Waals surface area contributed by atoms with Gasteiger partial charge in [-0.25, -0.2) is 0 Å². The first-order valence-electron chi connectivity index (χ1n) is 5.52. The normalized spacial score (nSPS) is 22.1. The lowest BCUT2D eigenvalue weighted by molar-refractivity contribution is -0.144. The van der Waals surface area contributed by atoms with Crippen molar-refractivity contribution >= 4 is 5.97 Å². The predicted molar refractivity (Wildman–Crippen MR) is 54.0 cm³/mol. The predicted octanol–water partition coefficient (Wildman–Crippen LogP) is 2.04. The molecule has 2 unspecified atom stereocenters. The highest BCUT2D eigenvalue weighted by molar-refractivity contribution is 5.70. The summed E-state index contributed by atoms with van der Waals surface area (Å²) in [5.41, 5.74) is 0. The van der Waals surface area contributed by atoms with Crippen LogP contribution in [0.5, 0.6) is 0 Å². The molecule has 2 atom stereocenters. The van der Waals surface area contributed by atoms with Gasteiger partial charge in [-0.05, 0) is 38.5 Å². The first-order valence-corrected chi connectivity index (χ1v) is 5.52. The monoisotopic (exact) mass is 200 g/mol. The summed E-state index contributed by atoms with van der Waals surface area (Å²) in [7, 11) is 0. The lowest BCUT2D eigenvalue weighted by Gasteiger charge is -2.19. The molecule has 0 saturated heterocycles. The largest absolute Gasteiger partial charge is 0.481 e. The van der Waals surface area contributed by atoms with Crippen LogP contribution in [-0.4, -0.2) is 22.3 Å². The second-order valence-corrected chi connectivity index (χ2v) is 4.42. The Morgan fingerprint density at radius 2 is 1.93 bits per heavy atom. The zero-order valence-electron chi connectivity index (χ0n) is 8.78. The lowest BCUT2D eigenvalue weighted by Crippen LogP contribution is -2.23. The minimum Gasteiger partial charge on any atom is -0.481 e. The average molecular weight is 200 g/mol. The Labute approximate surface area is 85.1 Å². The SMILES string of the molecule is CC(O)CCC(C(=O)O)C1CCCC1. The van der Waals surface area contributed by atoms with Gasteiger partial charge in [0.1, 0.15) is 0 Å². The minimum absolute atomic E-state index is 0.230. The van der Waals surface area contributed by atoms with Gasteiger partial charge in [-0.1, -0.05) is 12.8 Å². The zero-order chi connectivity index (χ0) is 10.6. The molecule has 1 rings (SSSR count). The van der Waals surface area contributed by atoms with Gasteiger partial charge >= 0.3 is 5.97 Å². The van der Waals surface area contributed by atoms with Crippen LogP contribution in [0, 0.1) is 11.8 Å². The van der Waals surface area contributed by atoms with E-state index in [-0.39, 0.29) is 12.0 Å². The van der Waals surface area contributed by atoms with Crippen molar-refractivity contribution in [3.63, 3.8) is 0 Å². The van der Waals surface area contributed by atoms with Gasteiger partial charge in [-0.15, -0.1) is 0 Å². The fourth-order valence-electron chi connectivity index (χ4n) is 2.34. The molecule has 1 saturated carbocycles. The first kappa shape index (κ1) is 11.5. The maximum absolute atomic E-state index is 11.0. The summed E-state index contributed by atoms with van der Waals surface area (Å²) in [5, 5.41) is 18.2. The Balaban J connectivity index is 2.42. The van der Waals surface area contributed by atoms with Crippen LogP contribution in [0.15, 0.2) is 0 Å². The van der Waals surface area contributed by atoms with Crippen molar-refractivity contribution in [3.05, 3.63) is 0 Å². The zero-order valence-corrected chi connectivity index (χ0v) is 8.78. The molecule has 1 fully saturated rings. The summed E-state index contributed by atoms with van der Waals surface area (Å²) in [5.74, 6) is -0.559. The summed E-state index contributed by atoms with van der Waals surface area (Å²) < 4.78 is 0. The highest BCUT2D eigenvalue weighted by atomic mass is 16.4. The average Bonchev–Trinajstić information content (AvgIpc) is 2.56. The van der Waals surface area contributed by atoms with Crippen LogP contribution in [0.2, 0.25) is 0 Å². The topological polar surface area (TPSA) is 57.5 Å². The third kappa shape index (κ3) is 3.29. The van der Waals surface area contributed by atoms with Crippen LogP contribution in [-0.2, 0) is 4.79 Å². The Bertz CT molecular complexity index is 183. The number of aliphatic hydroxyl groups is 1. The van der Waals surface area contributed by atoms with Gasteiger partial charge in [0.2, 0.25) is 0 Å². The molecule has 2 N–H and O–H groups in total. The number of hydrogen-bond acceptors (Lipinski definition) is 2. The molecule has 0 aromatic rings. The standard InChI is InChI=1S/C11H20O3/c1-8(12)6-7-10(11(13)14)9-4-2-3-5-9/h8-10,12H,2-7H2,1H3,(H,13,14). The van der Waals surface area contributed by atoms with Gasteiger partial charge in [-0.2, -0.15) is 0 Å². The molecule has 0 aromatic heterocycles. The molecule has 3 nitrogen and oxygen atoms in total. The van der Waals surface area contributed by atoms with E-state index in [0.29, 0.717) is 18.8 Å². The van der Waals surface area contributed by atoms with E-state index in [2.05, 4.69) is 0 Å². The van der Waals surface area contributed by atoms with Crippen LogP contribution >= 0.6 is 0 Å². The number of aliphatic hydroxyl groups excluding tert-OH is 1. The summed E-state index contributed by atoms with van der Waals surface area (Å²) in [6.45, 7) is 1.72. The first-order chi connectivity index (χ1) is 6.61. The van der Waals surface area contributed by atoms with E-state index in [1.807, 2.05) is 0 Å². The van der Waals surface area contributed by atoms with Crippen molar-refractivity contribution < 1.29 is 15.0 Å². The molecule has 0 heterocycles. The number of hydrogen-bond donors (Lipinski definition) is 2.